The average Bonchev–Trinajstić information content (AvgIpc) is 2.00. The summed E-state index contributed by atoms with van der Waals surface area (Å²) in [5, 5.41) is 0. The van der Waals surface area contributed by atoms with Crippen molar-refractivity contribution < 1.29 is 4.74 Å². The van der Waals surface area contributed by atoms with E-state index < -0.39 is 0 Å². The van der Waals surface area contributed by atoms with Gasteiger partial charge in [0.2, 0.25) is 0 Å². The lowest BCUT2D eigenvalue weighted by Gasteiger charge is -2.43. The van der Waals surface area contributed by atoms with Gasteiger partial charge in [0, 0.05) is 24.2 Å². The Morgan fingerprint density at radius 2 is 2.07 bits per heavy atom. The Labute approximate surface area is 87.6 Å². The van der Waals surface area contributed by atoms with E-state index in [4.69, 9.17) is 10.5 Å². The summed E-state index contributed by atoms with van der Waals surface area (Å²) in [6.45, 7) is 12.4. The van der Waals surface area contributed by atoms with E-state index >= 15 is 0 Å². The van der Waals surface area contributed by atoms with Crippen molar-refractivity contribution in [1.82, 2.24) is 4.90 Å². The molecule has 1 heterocycles. The number of nitrogens with two attached hydrogens (primary N) is 1. The SMILES string of the molecule is CC(C)(N)CCN1CCOCC1(C)C. The van der Waals surface area contributed by atoms with Crippen LogP contribution >= 0.6 is 0 Å². The van der Waals surface area contributed by atoms with Gasteiger partial charge in [0.05, 0.1) is 13.2 Å². The lowest BCUT2D eigenvalue weighted by molar-refractivity contribution is -0.0527. The predicted octanol–water partition coefficient (Wildman–Crippen LogP) is 1.22. The van der Waals surface area contributed by atoms with E-state index in [0.29, 0.717) is 0 Å². The molecular weight excluding hydrogens is 176 g/mol. The van der Waals surface area contributed by atoms with Crippen LogP contribution in [0.3, 0.4) is 0 Å². The Balaban J connectivity index is 2.42. The minimum absolute atomic E-state index is 0.0611. The second-order valence-corrected chi connectivity index (χ2v) is 5.59. The Bertz CT molecular complexity index is 184. The van der Waals surface area contributed by atoms with Crippen LogP contribution in [0, 0.1) is 0 Å². The van der Waals surface area contributed by atoms with Crippen LogP contribution in [-0.4, -0.2) is 42.3 Å². The highest BCUT2D eigenvalue weighted by molar-refractivity contribution is 4.86. The highest BCUT2D eigenvalue weighted by Gasteiger charge is 2.30. The quantitative estimate of drug-likeness (QED) is 0.744. The highest BCUT2D eigenvalue weighted by atomic mass is 16.5. The zero-order valence-corrected chi connectivity index (χ0v) is 9.97. The molecule has 1 fully saturated rings. The lowest BCUT2D eigenvalue weighted by Crippen LogP contribution is -2.54. The molecule has 0 bridgehead atoms. The van der Waals surface area contributed by atoms with Crippen LogP contribution in [0.4, 0.5) is 0 Å². The number of hydrogen-bond acceptors (Lipinski definition) is 3. The van der Waals surface area contributed by atoms with Gasteiger partial charge in [-0.1, -0.05) is 0 Å². The first kappa shape index (κ1) is 12.0. The fourth-order valence-corrected chi connectivity index (χ4v) is 1.73. The van der Waals surface area contributed by atoms with E-state index in [2.05, 4.69) is 32.6 Å². The van der Waals surface area contributed by atoms with Gasteiger partial charge in [-0.3, -0.25) is 4.90 Å². The van der Waals surface area contributed by atoms with Crippen molar-refractivity contribution >= 4 is 0 Å². The molecule has 0 unspecified atom stereocenters. The number of morpholine rings is 1. The van der Waals surface area contributed by atoms with Gasteiger partial charge in [-0.25, -0.2) is 0 Å². The van der Waals surface area contributed by atoms with Crippen molar-refractivity contribution in [3.8, 4) is 0 Å². The molecule has 0 aliphatic carbocycles. The summed E-state index contributed by atoms with van der Waals surface area (Å²) in [4.78, 5) is 2.48. The van der Waals surface area contributed by atoms with Crippen LogP contribution in [-0.2, 0) is 4.74 Å². The third-order valence-corrected chi connectivity index (χ3v) is 2.84. The zero-order valence-electron chi connectivity index (χ0n) is 9.97. The molecule has 3 heteroatoms. The molecule has 0 radical (unpaired) electrons. The largest absolute Gasteiger partial charge is 0.378 e. The smallest absolute Gasteiger partial charge is 0.0645 e. The second kappa shape index (κ2) is 4.17. The van der Waals surface area contributed by atoms with Crippen LogP contribution in [0.1, 0.15) is 34.1 Å². The van der Waals surface area contributed by atoms with Crippen LogP contribution in [0.25, 0.3) is 0 Å². The van der Waals surface area contributed by atoms with E-state index in [9.17, 15) is 0 Å². The van der Waals surface area contributed by atoms with E-state index in [1.165, 1.54) is 0 Å². The zero-order chi connectivity index (χ0) is 10.8. The standard InChI is InChI=1S/C11H24N2O/c1-10(2,12)5-6-13-7-8-14-9-11(13,3)4/h5-9,12H2,1-4H3. The molecule has 14 heavy (non-hydrogen) atoms. The van der Waals surface area contributed by atoms with Gasteiger partial charge in [-0.05, 0) is 34.1 Å². The summed E-state index contributed by atoms with van der Waals surface area (Å²) in [5.74, 6) is 0. The number of ether oxygens (including phenoxy) is 1. The van der Waals surface area contributed by atoms with E-state index in [0.717, 1.165) is 32.7 Å². The van der Waals surface area contributed by atoms with E-state index in [-0.39, 0.29) is 11.1 Å². The summed E-state index contributed by atoms with van der Waals surface area (Å²) < 4.78 is 5.47. The first-order valence-corrected chi connectivity index (χ1v) is 5.43. The average molecular weight is 200 g/mol. The maximum Gasteiger partial charge on any atom is 0.0645 e. The van der Waals surface area contributed by atoms with Gasteiger partial charge < -0.3 is 10.5 Å². The molecule has 84 valence electrons. The normalized spacial score (nSPS) is 23.8. The molecule has 0 amide bonds. The molecule has 1 aliphatic rings. The molecular formula is C11H24N2O. The minimum atomic E-state index is -0.0611. The molecule has 3 nitrogen and oxygen atoms in total. The van der Waals surface area contributed by atoms with Gasteiger partial charge in [-0.2, -0.15) is 0 Å². The molecule has 0 aromatic carbocycles. The fraction of sp³-hybridized carbons (Fsp3) is 1.00. The van der Waals surface area contributed by atoms with Crippen molar-refractivity contribution in [2.24, 2.45) is 5.73 Å². The summed E-state index contributed by atoms with van der Waals surface area (Å²) >= 11 is 0. The first-order valence-electron chi connectivity index (χ1n) is 5.43. The van der Waals surface area contributed by atoms with Gasteiger partial charge >= 0.3 is 0 Å². The number of hydrogen-bond donors (Lipinski definition) is 1. The maximum atomic E-state index is 5.98. The van der Waals surface area contributed by atoms with Crippen molar-refractivity contribution in [2.75, 3.05) is 26.3 Å². The number of rotatable bonds is 3. The van der Waals surface area contributed by atoms with Crippen LogP contribution in [0.2, 0.25) is 0 Å². The molecule has 1 saturated heterocycles. The second-order valence-electron chi connectivity index (χ2n) is 5.59. The maximum absolute atomic E-state index is 5.98. The summed E-state index contributed by atoms with van der Waals surface area (Å²) in [5.41, 5.74) is 6.09. The summed E-state index contributed by atoms with van der Waals surface area (Å²) in [6.07, 6.45) is 1.04. The molecule has 0 saturated carbocycles. The molecule has 0 aromatic heterocycles. The van der Waals surface area contributed by atoms with Crippen LogP contribution < -0.4 is 5.73 Å². The van der Waals surface area contributed by atoms with Gasteiger partial charge in [0.25, 0.3) is 0 Å². The Hall–Kier alpha value is -0.120. The highest BCUT2D eigenvalue weighted by Crippen LogP contribution is 2.20. The fourth-order valence-electron chi connectivity index (χ4n) is 1.73. The third-order valence-electron chi connectivity index (χ3n) is 2.84. The van der Waals surface area contributed by atoms with Crippen LogP contribution in [0.5, 0.6) is 0 Å². The van der Waals surface area contributed by atoms with E-state index in [1.807, 2.05) is 0 Å². The third kappa shape index (κ3) is 3.56. The molecule has 0 aromatic rings. The van der Waals surface area contributed by atoms with Crippen molar-refractivity contribution in [3.05, 3.63) is 0 Å². The van der Waals surface area contributed by atoms with Gasteiger partial charge in [0.15, 0.2) is 0 Å². The van der Waals surface area contributed by atoms with Gasteiger partial charge in [-0.15, -0.1) is 0 Å². The lowest BCUT2D eigenvalue weighted by atomic mass is 9.98. The van der Waals surface area contributed by atoms with Crippen molar-refractivity contribution in [2.45, 2.75) is 45.2 Å². The van der Waals surface area contributed by atoms with Gasteiger partial charge in [0.1, 0.15) is 0 Å². The molecule has 0 atom stereocenters. The number of nitrogens with zero attached hydrogens (tertiary/aromatic N) is 1. The molecule has 2 N–H and O–H groups in total. The summed E-state index contributed by atoms with van der Waals surface area (Å²) in [6, 6.07) is 0. The van der Waals surface area contributed by atoms with Crippen LogP contribution in [0.15, 0.2) is 0 Å². The summed E-state index contributed by atoms with van der Waals surface area (Å²) in [7, 11) is 0. The topological polar surface area (TPSA) is 38.5 Å². The molecule has 1 aliphatic heterocycles. The Morgan fingerprint density at radius 1 is 1.43 bits per heavy atom. The Morgan fingerprint density at radius 3 is 2.57 bits per heavy atom. The van der Waals surface area contributed by atoms with E-state index in [1.54, 1.807) is 0 Å². The predicted molar refractivity (Wildman–Crippen MR) is 59.4 cm³/mol. The minimum Gasteiger partial charge on any atom is -0.378 e. The first-order chi connectivity index (χ1) is 6.31. The van der Waals surface area contributed by atoms with Crippen molar-refractivity contribution in [1.29, 1.82) is 0 Å². The molecule has 1 rings (SSSR count). The molecule has 0 spiro atoms. The monoisotopic (exact) mass is 200 g/mol. The van der Waals surface area contributed by atoms with Crippen molar-refractivity contribution in [3.63, 3.8) is 0 Å². The Kier molecular flexibility index (Phi) is 3.56.